The molecule has 7 heteroatoms. The molecule has 1 N–H and O–H groups in total. The molecule has 4 saturated heterocycles. The molecule has 1 saturated carbocycles. The maximum absolute atomic E-state index is 12.0. The summed E-state index contributed by atoms with van der Waals surface area (Å²) in [4.78, 5) is 23.9. The summed E-state index contributed by atoms with van der Waals surface area (Å²) >= 11 is 0. The third kappa shape index (κ3) is 1.15. The van der Waals surface area contributed by atoms with E-state index in [2.05, 4.69) is 6.58 Å². The van der Waals surface area contributed by atoms with Crippen LogP contribution in [-0.2, 0) is 28.5 Å². The molecule has 5 aliphatic rings. The van der Waals surface area contributed by atoms with Crippen LogP contribution in [0.3, 0.4) is 0 Å². The normalized spacial score (nSPS) is 58.2. The summed E-state index contributed by atoms with van der Waals surface area (Å²) in [6, 6.07) is 0. The van der Waals surface area contributed by atoms with Gasteiger partial charge < -0.3 is 24.1 Å². The van der Waals surface area contributed by atoms with E-state index in [9.17, 15) is 14.7 Å². The van der Waals surface area contributed by atoms with Crippen molar-refractivity contribution < 1.29 is 33.6 Å². The van der Waals surface area contributed by atoms with E-state index in [1.165, 1.54) is 0 Å². The molecule has 0 radical (unpaired) electrons. The molecule has 7 atom stereocenters. The molecule has 0 aromatic rings. The van der Waals surface area contributed by atoms with Crippen LogP contribution < -0.4 is 0 Å². The monoisotopic (exact) mass is 308 g/mol. The van der Waals surface area contributed by atoms with Crippen LogP contribution in [0, 0.1) is 5.92 Å². The fourth-order valence-corrected chi connectivity index (χ4v) is 5.18. The molecular weight excluding hydrogens is 292 g/mol. The Labute approximate surface area is 126 Å². The van der Waals surface area contributed by atoms with Gasteiger partial charge in [0.05, 0.1) is 17.9 Å². The van der Waals surface area contributed by atoms with Gasteiger partial charge in [-0.2, -0.15) is 0 Å². The highest BCUT2D eigenvalue weighted by Gasteiger charge is 2.83. The second-order valence-corrected chi connectivity index (χ2v) is 7.25. The van der Waals surface area contributed by atoms with Crippen molar-refractivity contribution in [2.24, 2.45) is 5.92 Å². The van der Waals surface area contributed by atoms with E-state index in [1.54, 1.807) is 0 Å². The van der Waals surface area contributed by atoms with Crippen LogP contribution in [-0.4, -0.2) is 52.3 Å². The number of carbonyl (C=O) groups excluding carboxylic acids is 2. The smallest absolute Gasteiger partial charge is 0.334 e. The Morgan fingerprint density at radius 3 is 2.91 bits per heavy atom. The molecule has 0 aromatic heterocycles. The van der Waals surface area contributed by atoms with Gasteiger partial charge in [-0.25, -0.2) is 4.79 Å². The van der Waals surface area contributed by atoms with Crippen LogP contribution in [0.4, 0.5) is 0 Å². The molecule has 1 spiro atoms. The quantitative estimate of drug-likeness (QED) is 0.490. The highest BCUT2D eigenvalue weighted by atomic mass is 16.7. The van der Waals surface area contributed by atoms with Gasteiger partial charge in [-0.1, -0.05) is 6.58 Å². The summed E-state index contributed by atoms with van der Waals surface area (Å²) in [5.74, 6) is -1.56. The van der Waals surface area contributed by atoms with Crippen LogP contribution in [0.1, 0.15) is 26.2 Å². The highest BCUT2D eigenvalue weighted by Crippen LogP contribution is 2.65. The fourth-order valence-electron chi connectivity index (χ4n) is 5.18. The number of carbonyl (C=O) groups is 2. The van der Waals surface area contributed by atoms with Crippen molar-refractivity contribution in [1.29, 1.82) is 0 Å². The number of esters is 2. The standard InChI is InChI=1S/C15H16O7/c1-6-10-7(19-11(6)17)4-13(2)5-14(18)12(22-13)20-8-3-9(16)21-15(8,10)14/h7-8,10,12,18H,1,3-5H2,2H3/t7-,8-,10+,12-,13-,14-,15-/m0/s1. The first kappa shape index (κ1) is 13.0. The topological polar surface area (TPSA) is 91.3 Å². The van der Waals surface area contributed by atoms with Crippen LogP contribution in [0.15, 0.2) is 12.2 Å². The van der Waals surface area contributed by atoms with E-state index in [-0.39, 0.29) is 18.4 Å². The second kappa shape index (κ2) is 3.39. The van der Waals surface area contributed by atoms with Gasteiger partial charge in [0.2, 0.25) is 0 Å². The average Bonchev–Trinajstić information content (AvgIpc) is 2.98. The minimum absolute atomic E-state index is 0.0313. The lowest BCUT2D eigenvalue weighted by atomic mass is 9.68. The molecule has 118 valence electrons. The number of hydrogen-bond donors (Lipinski definition) is 1. The molecule has 22 heavy (non-hydrogen) atoms. The van der Waals surface area contributed by atoms with Gasteiger partial charge in [-0.15, -0.1) is 0 Å². The number of rotatable bonds is 0. The Kier molecular flexibility index (Phi) is 2.01. The number of hydrogen-bond acceptors (Lipinski definition) is 7. The predicted octanol–water partition coefficient (Wildman–Crippen LogP) is -0.191. The molecule has 1 aliphatic carbocycles. The molecule has 5 rings (SSSR count). The minimum Gasteiger partial charge on any atom is -0.458 e. The molecule has 2 bridgehead atoms. The zero-order chi connectivity index (χ0) is 15.5. The summed E-state index contributed by atoms with van der Waals surface area (Å²) in [5, 5.41) is 11.4. The maximum Gasteiger partial charge on any atom is 0.334 e. The lowest BCUT2D eigenvalue weighted by molar-refractivity contribution is -0.216. The van der Waals surface area contributed by atoms with Crippen LogP contribution >= 0.6 is 0 Å². The van der Waals surface area contributed by atoms with Gasteiger partial charge in [0.25, 0.3) is 0 Å². The highest BCUT2D eigenvalue weighted by molar-refractivity contribution is 5.92. The number of ether oxygens (including phenoxy) is 4. The van der Waals surface area contributed by atoms with Gasteiger partial charge in [0.1, 0.15) is 12.2 Å². The second-order valence-electron chi connectivity index (χ2n) is 7.25. The van der Waals surface area contributed by atoms with Crippen molar-refractivity contribution in [1.82, 2.24) is 0 Å². The van der Waals surface area contributed by atoms with E-state index < -0.39 is 53.2 Å². The molecular formula is C15H16O7. The Balaban J connectivity index is 1.77. The zero-order valence-electron chi connectivity index (χ0n) is 12.0. The van der Waals surface area contributed by atoms with Crippen molar-refractivity contribution in [3.05, 3.63) is 12.2 Å². The molecule has 4 heterocycles. The van der Waals surface area contributed by atoms with Gasteiger partial charge >= 0.3 is 11.9 Å². The van der Waals surface area contributed by atoms with Crippen LogP contribution in [0.2, 0.25) is 0 Å². The largest absolute Gasteiger partial charge is 0.458 e. The van der Waals surface area contributed by atoms with Gasteiger partial charge in [-0.3, -0.25) is 4.79 Å². The summed E-state index contributed by atoms with van der Waals surface area (Å²) in [6.07, 6.45) is -1.33. The molecule has 0 amide bonds. The summed E-state index contributed by atoms with van der Waals surface area (Å²) < 4.78 is 22.8. The summed E-state index contributed by atoms with van der Waals surface area (Å²) in [5.41, 5.74) is -3.30. The lowest BCUT2D eigenvalue weighted by Gasteiger charge is -2.41. The van der Waals surface area contributed by atoms with Gasteiger partial charge in [-0.05, 0) is 6.92 Å². The van der Waals surface area contributed by atoms with E-state index >= 15 is 0 Å². The maximum atomic E-state index is 12.0. The third-order valence-corrected chi connectivity index (χ3v) is 5.87. The first-order valence-corrected chi connectivity index (χ1v) is 7.46. The SMILES string of the molecule is C=C1C(=O)O[C@H]2C[C@@]3(C)C[C@]4(O)[C@@H](O[C@H]5CC(=O)O[C@]54[C@H]12)O3. The van der Waals surface area contributed by atoms with Crippen molar-refractivity contribution in [3.63, 3.8) is 0 Å². The molecule has 4 aliphatic heterocycles. The molecule has 5 fully saturated rings. The molecule has 7 nitrogen and oxygen atoms in total. The number of fused-ring (bicyclic) bond motifs is 2. The Morgan fingerprint density at radius 2 is 2.14 bits per heavy atom. The van der Waals surface area contributed by atoms with Crippen molar-refractivity contribution in [2.45, 2.75) is 61.5 Å². The van der Waals surface area contributed by atoms with Crippen LogP contribution in [0.25, 0.3) is 0 Å². The fraction of sp³-hybridized carbons (Fsp3) is 0.733. The Hall–Kier alpha value is -1.44. The van der Waals surface area contributed by atoms with E-state index in [0.29, 0.717) is 6.42 Å². The Bertz CT molecular complexity index is 644. The van der Waals surface area contributed by atoms with Crippen molar-refractivity contribution in [2.75, 3.05) is 0 Å². The van der Waals surface area contributed by atoms with Gasteiger partial charge in [0, 0.05) is 18.4 Å². The van der Waals surface area contributed by atoms with E-state index in [4.69, 9.17) is 18.9 Å². The van der Waals surface area contributed by atoms with Crippen molar-refractivity contribution >= 4 is 11.9 Å². The molecule has 0 unspecified atom stereocenters. The van der Waals surface area contributed by atoms with Crippen LogP contribution in [0.5, 0.6) is 0 Å². The minimum atomic E-state index is -1.49. The van der Waals surface area contributed by atoms with E-state index in [0.717, 1.165) is 0 Å². The summed E-state index contributed by atoms with van der Waals surface area (Å²) in [7, 11) is 0. The lowest BCUT2D eigenvalue weighted by Crippen LogP contribution is -2.62. The zero-order valence-corrected chi connectivity index (χ0v) is 12.0. The average molecular weight is 308 g/mol. The third-order valence-electron chi connectivity index (χ3n) is 5.87. The first-order valence-electron chi connectivity index (χ1n) is 7.46. The number of aliphatic hydroxyl groups is 1. The predicted molar refractivity (Wildman–Crippen MR) is 68.3 cm³/mol. The van der Waals surface area contributed by atoms with Gasteiger partial charge in [0.15, 0.2) is 17.5 Å². The molecule has 0 aromatic carbocycles. The first-order chi connectivity index (χ1) is 10.3. The van der Waals surface area contributed by atoms with Crippen molar-refractivity contribution in [3.8, 4) is 0 Å². The summed E-state index contributed by atoms with van der Waals surface area (Å²) in [6.45, 7) is 5.67. The Morgan fingerprint density at radius 1 is 1.36 bits per heavy atom. The van der Waals surface area contributed by atoms with E-state index in [1.807, 2.05) is 6.92 Å².